The smallest absolute Gasteiger partial charge is 0.458 e. The summed E-state index contributed by atoms with van der Waals surface area (Å²) in [6.45, 7) is 4.45. The van der Waals surface area contributed by atoms with Crippen LogP contribution in [0.2, 0.25) is 0 Å². The first kappa shape index (κ1) is 17.2. The lowest BCUT2D eigenvalue weighted by Crippen LogP contribution is -2.50. The van der Waals surface area contributed by atoms with Gasteiger partial charge in [-0.25, -0.2) is 4.79 Å². The SMILES string of the molecule is CC(C)(C)OC(=O)[C@H](CC(N)=O)NC(=O)C(F)(F)F. The molecule has 0 spiro atoms. The predicted molar refractivity (Wildman–Crippen MR) is 57.6 cm³/mol. The number of primary amides is 1. The molecule has 0 aliphatic carbocycles. The molecule has 0 rings (SSSR count). The molecular formula is C10H15F3N2O4. The Morgan fingerprint density at radius 1 is 1.21 bits per heavy atom. The quantitative estimate of drug-likeness (QED) is 0.723. The van der Waals surface area contributed by atoms with Crippen LogP contribution in [0.5, 0.6) is 0 Å². The summed E-state index contributed by atoms with van der Waals surface area (Å²) in [6, 6.07) is -1.77. The van der Waals surface area contributed by atoms with Crippen molar-refractivity contribution in [2.75, 3.05) is 0 Å². The predicted octanol–water partition coefficient (Wildman–Crippen LogP) is 0.251. The Morgan fingerprint density at radius 2 is 1.68 bits per heavy atom. The number of ether oxygens (including phenoxy) is 1. The summed E-state index contributed by atoms with van der Waals surface area (Å²) in [5, 5.41) is 1.37. The second-order valence-corrected chi connectivity index (χ2v) is 4.73. The monoisotopic (exact) mass is 284 g/mol. The van der Waals surface area contributed by atoms with Crippen molar-refractivity contribution in [2.24, 2.45) is 5.73 Å². The molecule has 0 radical (unpaired) electrons. The third kappa shape index (κ3) is 7.27. The van der Waals surface area contributed by atoms with Crippen molar-refractivity contribution in [3.8, 4) is 0 Å². The van der Waals surface area contributed by atoms with E-state index in [4.69, 9.17) is 10.5 Å². The number of halogens is 3. The minimum atomic E-state index is -5.17. The minimum Gasteiger partial charge on any atom is -0.458 e. The largest absolute Gasteiger partial charge is 0.471 e. The number of carbonyl (C=O) groups excluding carboxylic acids is 3. The molecule has 6 nitrogen and oxygen atoms in total. The summed E-state index contributed by atoms with van der Waals surface area (Å²) < 4.78 is 41.0. The zero-order chi connectivity index (χ0) is 15.4. The molecule has 0 fully saturated rings. The Kier molecular flexibility index (Phi) is 5.34. The lowest BCUT2D eigenvalue weighted by Gasteiger charge is -2.24. The van der Waals surface area contributed by atoms with Crippen LogP contribution in [0.3, 0.4) is 0 Å². The van der Waals surface area contributed by atoms with Crippen molar-refractivity contribution in [2.45, 2.75) is 45.0 Å². The molecule has 19 heavy (non-hydrogen) atoms. The Hall–Kier alpha value is -1.80. The van der Waals surface area contributed by atoms with E-state index in [1.165, 1.54) is 26.1 Å². The van der Waals surface area contributed by atoms with E-state index in [0.717, 1.165) is 0 Å². The van der Waals surface area contributed by atoms with Crippen molar-refractivity contribution >= 4 is 17.8 Å². The first-order valence-electron chi connectivity index (χ1n) is 5.22. The van der Waals surface area contributed by atoms with Crippen LogP contribution >= 0.6 is 0 Å². The maximum atomic E-state index is 12.1. The highest BCUT2D eigenvalue weighted by Crippen LogP contribution is 2.16. The molecule has 2 amide bonds. The van der Waals surface area contributed by atoms with Gasteiger partial charge in [-0.15, -0.1) is 0 Å². The molecule has 0 aromatic rings. The summed E-state index contributed by atoms with van der Waals surface area (Å²) in [7, 11) is 0. The van der Waals surface area contributed by atoms with Crippen molar-refractivity contribution in [1.29, 1.82) is 0 Å². The van der Waals surface area contributed by atoms with Gasteiger partial charge in [0.1, 0.15) is 11.6 Å². The van der Waals surface area contributed by atoms with Crippen LogP contribution in [0.25, 0.3) is 0 Å². The van der Waals surface area contributed by atoms with Crippen LogP contribution in [0, 0.1) is 0 Å². The molecule has 0 aromatic heterocycles. The average molecular weight is 284 g/mol. The van der Waals surface area contributed by atoms with Crippen molar-refractivity contribution < 1.29 is 32.3 Å². The zero-order valence-corrected chi connectivity index (χ0v) is 10.6. The number of carbonyl (C=O) groups is 3. The van der Waals surface area contributed by atoms with Crippen LogP contribution in [0.4, 0.5) is 13.2 Å². The average Bonchev–Trinajstić information content (AvgIpc) is 2.11. The summed E-state index contributed by atoms with van der Waals surface area (Å²) in [5.41, 5.74) is 3.82. The van der Waals surface area contributed by atoms with Crippen LogP contribution in [-0.4, -0.2) is 35.6 Å². The van der Waals surface area contributed by atoms with Gasteiger partial charge in [-0.05, 0) is 20.8 Å². The minimum absolute atomic E-state index is 0.781. The standard InChI is InChI=1S/C10H15F3N2O4/c1-9(2,3)19-7(17)5(4-6(14)16)15-8(18)10(11,12)13/h5H,4H2,1-3H3,(H2,14,16)(H,15,18)/t5-/m0/s1. The molecule has 0 saturated carbocycles. The van der Waals surface area contributed by atoms with Crippen molar-refractivity contribution in [1.82, 2.24) is 5.32 Å². The van der Waals surface area contributed by atoms with Crippen molar-refractivity contribution in [3.05, 3.63) is 0 Å². The van der Waals surface area contributed by atoms with Gasteiger partial charge in [0.2, 0.25) is 5.91 Å². The first-order chi connectivity index (χ1) is 8.33. The van der Waals surface area contributed by atoms with E-state index in [0.29, 0.717) is 0 Å². The summed E-state index contributed by atoms with van der Waals surface area (Å²) in [6.07, 6.45) is -5.95. The highest BCUT2D eigenvalue weighted by atomic mass is 19.4. The van der Waals surface area contributed by atoms with E-state index in [9.17, 15) is 27.6 Å². The van der Waals surface area contributed by atoms with Gasteiger partial charge in [0, 0.05) is 0 Å². The second kappa shape index (κ2) is 5.89. The lowest BCUT2D eigenvalue weighted by atomic mass is 10.1. The Morgan fingerprint density at radius 3 is 2.00 bits per heavy atom. The molecule has 0 aliphatic heterocycles. The highest BCUT2D eigenvalue weighted by molar-refractivity contribution is 5.90. The second-order valence-electron chi connectivity index (χ2n) is 4.73. The Labute approximate surface area is 107 Å². The summed E-state index contributed by atoms with van der Waals surface area (Å²) >= 11 is 0. The molecule has 1 atom stereocenters. The molecular weight excluding hydrogens is 269 g/mol. The molecule has 0 unspecified atom stereocenters. The van der Waals surface area contributed by atoms with Gasteiger partial charge in [-0.3, -0.25) is 9.59 Å². The number of nitrogens with two attached hydrogens (primary N) is 1. The van der Waals surface area contributed by atoms with E-state index in [-0.39, 0.29) is 0 Å². The number of nitrogens with one attached hydrogen (secondary N) is 1. The van der Waals surface area contributed by atoms with Crippen LogP contribution in [0.15, 0.2) is 0 Å². The topological polar surface area (TPSA) is 98.5 Å². The number of hydrogen-bond donors (Lipinski definition) is 2. The molecule has 0 heterocycles. The lowest BCUT2D eigenvalue weighted by molar-refractivity contribution is -0.177. The normalized spacial score (nSPS) is 13.6. The molecule has 110 valence electrons. The van der Waals surface area contributed by atoms with Gasteiger partial charge in [-0.1, -0.05) is 0 Å². The number of rotatable bonds is 4. The van der Waals surface area contributed by atoms with Crippen LogP contribution in [0.1, 0.15) is 27.2 Å². The first-order valence-corrected chi connectivity index (χ1v) is 5.22. The van der Waals surface area contributed by atoms with Gasteiger partial charge >= 0.3 is 18.1 Å². The molecule has 3 N–H and O–H groups in total. The molecule has 0 aromatic carbocycles. The van der Waals surface area contributed by atoms with E-state index < -0.39 is 42.0 Å². The summed E-state index contributed by atoms with van der Waals surface area (Å²) in [4.78, 5) is 33.0. The molecule has 9 heteroatoms. The van der Waals surface area contributed by atoms with Gasteiger partial charge in [0.05, 0.1) is 6.42 Å². The molecule has 0 bridgehead atoms. The van der Waals surface area contributed by atoms with E-state index in [2.05, 4.69) is 0 Å². The third-order valence-electron chi connectivity index (χ3n) is 1.66. The fraction of sp³-hybridized carbons (Fsp3) is 0.700. The van der Waals surface area contributed by atoms with Gasteiger partial charge in [0.15, 0.2) is 0 Å². The maximum Gasteiger partial charge on any atom is 0.471 e. The maximum absolute atomic E-state index is 12.1. The number of alkyl halides is 3. The van der Waals surface area contributed by atoms with E-state index >= 15 is 0 Å². The number of esters is 1. The van der Waals surface area contributed by atoms with Crippen LogP contribution < -0.4 is 11.1 Å². The Bertz CT molecular complexity index is 374. The molecule has 0 aliphatic rings. The van der Waals surface area contributed by atoms with Crippen LogP contribution in [-0.2, 0) is 19.1 Å². The van der Waals surface area contributed by atoms with Gasteiger partial charge in [0.25, 0.3) is 0 Å². The number of amides is 2. The van der Waals surface area contributed by atoms with E-state index in [1.54, 1.807) is 0 Å². The van der Waals surface area contributed by atoms with E-state index in [1.807, 2.05) is 0 Å². The fourth-order valence-corrected chi connectivity index (χ4v) is 1.01. The Balaban J connectivity index is 4.87. The van der Waals surface area contributed by atoms with Crippen molar-refractivity contribution in [3.63, 3.8) is 0 Å². The number of hydrogen-bond acceptors (Lipinski definition) is 4. The third-order valence-corrected chi connectivity index (χ3v) is 1.66. The zero-order valence-electron chi connectivity index (χ0n) is 10.6. The fourth-order valence-electron chi connectivity index (χ4n) is 1.01. The summed E-state index contributed by atoms with van der Waals surface area (Å²) in [5.74, 6) is -4.55. The van der Waals surface area contributed by atoms with Gasteiger partial charge in [-0.2, -0.15) is 13.2 Å². The molecule has 0 saturated heterocycles. The highest BCUT2D eigenvalue weighted by Gasteiger charge is 2.41. The van der Waals surface area contributed by atoms with Gasteiger partial charge < -0.3 is 15.8 Å².